The highest BCUT2D eigenvalue weighted by molar-refractivity contribution is 9.10. The Morgan fingerprint density at radius 3 is 2.52 bits per heavy atom. The van der Waals surface area contributed by atoms with Crippen LogP contribution in [0.3, 0.4) is 0 Å². The quantitative estimate of drug-likeness (QED) is 0.575. The molecule has 0 fully saturated rings. The summed E-state index contributed by atoms with van der Waals surface area (Å²) < 4.78 is 14.2. The molecule has 1 heterocycles. The molecule has 0 spiro atoms. The van der Waals surface area contributed by atoms with Gasteiger partial charge in [0.05, 0.1) is 10.6 Å². The Kier molecular flexibility index (Phi) is 5.31. The zero-order valence-corrected chi connectivity index (χ0v) is 15.1. The van der Waals surface area contributed by atoms with Crippen molar-refractivity contribution < 1.29 is 9.18 Å². The minimum absolute atomic E-state index is 0.0122. The van der Waals surface area contributed by atoms with Gasteiger partial charge in [0.1, 0.15) is 11.6 Å². The van der Waals surface area contributed by atoms with Crippen LogP contribution in [0.1, 0.15) is 10.4 Å². The van der Waals surface area contributed by atoms with Gasteiger partial charge in [-0.15, -0.1) is 0 Å². The summed E-state index contributed by atoms with van der Waals surface area (Å²) in [5.41, 5.74) is 1.54. The summed E-state index contributed by atoms with van der Waals surface area (Å²) in [4.78, 5) is 16.7. The summed E-state index contributed by atoms with van der Waals surface area (Å²) in [6.45, 7) is 0. The number of rotatable bonds is 4. The van der Waals surface area contributed by atoms with Gasteiger partial charge in [-0.05, 0) is 54.6 Å². The lowest BCUT2D eigenvalue weighted by Crippen LogP contribution is -2.14. The Hall–Kier alpha value is -2.44. The van der Waals surface area contributed by atoms with Crippen LogP contribution in [0.2, 0.25) is 5.02 Å². The fourth-order valence-electron chi connectivity index (χ4n) is 2.13. The summed E-state index contributed by atoms with van der Waals surface area (Å²) in [5, 5.41) is 5.78. The molecule has 0 unspecified atom stereocenters. The molecule has 0 saturated heterocycles. The standard InChI is InChI=1S/C18H12BrClFN3O/c19-11-3-5-12(6-4-11)24-18(25)14-2-1-9-22-17(14)23-13-7-8-16(21)15(20)10-13/h1-10H,(H,22,23)(H,24,25). The van der Waals surface area contributed by atoms with E-state index < -0.39 is 5.82 Å². The third-order valence-electron chi connectivity index (χ3n) is 3.34. The fourth-order valence-corrected chi connectivity index (χ4v) is 2.58. The number of hydrogen-bond acceptors (Lipinski definition) is 3. The third-order valence-corrected chi connectivity index (χ3v) is 4.16. The van der Waals surface area contributed by atoms with Crippen LogP contribution in [0.25, 0.3) is 0 Å². The van der Waals surface area contributed by atoms with Crippen LogP contribution in [0.15, 0.2) is 65.3 Å². The predicted molar refractivity (Wildman–Crippen MR) is 101 cm³/mol. The molecule has 1 aromatic heterocycles. The van der Waals surface area contributed by atoms with E-state index in [9.17, 15) is 9.18 Å². The molecule has 0 bridgehead atoms. The lowest BCUT2D eigenvalue weighted by Gasteiger charge is -2.11. The molecular weight excluding hydrogens is 409 g/mol. The molecule has 3 rings (SSSR count). The van der Waals surface area contributed by atoms with E-state index >= 15 is 0 Å². The zero-order valence-electron chi connectivity index (χ0n) is 12.8. The van der Waals surface area contributed by atoms with Gasteiger partial charge in [0.25, 0.3) is 5.91 Å². The zero-order chi connectivity index (χ0) is 17.8. The lowest BCUT2D eigenvalue weighted by atomic mass is 10.2. The van der Waals surface area contributed by atoms with Crippen molar-refractivity contribution in [2.45, 2.75) is 0 Å². The number of carbonyl (C=O) groups excluding carboxylic acids is 1. The molecule has 0 atom stereocenters. The van der Waals surface area contributed by atoms with Gasteiger partial charge >= 0.3 is 0 Å². The van der Waals surface area contributed by atoms with E-state index in [0.717, 1.165) is 4.47 Å². The van der Waals surface area contributed by atoms with Crippen LogP contribution in [0.4, 0.5) is 21.6 Å². The molecule has 1 amide bonds. The van der Waals surface area contributed by atoms with Crippen molar-refractivity contribution in [2.24, 2.45) is 0 Å². The molecule has 0 aliphatic rings. The monoisotopic (exact) mass is 419 g/mol. The van der Waals surface area contributed by atoms with Crippen LogP contribution >= 0.6 is 27.5 Å². The largest absolute Gasteiger partial charge is 0.340 e. The van der Waals surface area contributed by atoms with E-state index in [1.165, 1.54) is 18.2 Å². The summed E-state index contributed by atoms with van der Waals surface area (Å²) in [7, 11) is 0. The lowest BCUT2D eigenvalue weighted by molar-refractivity contribution is 0.102. The molecule has 126 valence electrons. The van der Waals surface area contributed by atoms with Crippen molar-refractivity contribution in [1.82, 2.24) is 4.98 Å². The van der Waals surface area contributed by atoms with Crippen LogP contribution < -0.4 is 10.6 Å². The van der Waals surface area contributed by atoms with Gasteiger partial charge in [0, 0.05) is 22.0 Å². The van der Waals surface area contributed by atoms with Gasteiger partial charge in [-0.2, -0.15) is 0 Å². The van der Waals surface area contributed by atoms with E-state index in [2.05, 4.69) is 31.5 Å². The van der Waals surface area contributed by atoms with E-state index in [4.69, 9.17) is 11.6 Å². The van der Waals surface area contributed by atoms with Crippen molar-refractivity contribution in [3.63, 3.8) is 0 Å². The van der Waals surface area contributed by atoms with Gasteiger partial charge in [0.2, 0.25) is 0 Å². The van der Waals surface area contributed by atoms with Gasteiger partial charge in [-0.25, -0.2) is 9.37 Å². The summed E-state index contributed by atoms with van der Waals surface area (Å²) >= 11 is 9.13. The average Bonchev–Trinajstić information content (AvgIpc) is 2.60. The molecule has 25 heavy (non-hydrogen) atoms. The minimum Gasteiger partial charge on any atom is -0.340 e. The maximum Gasteiger partial charge on any atom is 0.259 e. The van der Waals surface area contributed by atoms with Gasteiger partial charge in [0.15, 0.2) is 0 Å². The van der Waals surface area contributed by atoms with Crippen LogP contribution in [-0.2, 0) is 0 Å². The number of pyridine rings is 1. The highest BCUT2D eigenvalue weighted by Crippen LogP contribution is 2.24. The summed E-state index contributed by atoms with van der Waals surface area (Å²) in [5.74, 6) is -0.479. The Morgan fingerprint density at radius 2 is 1.80 bits per heavy atom. The van der Waals surface area contributed by atoms with Crippen LogP contribution in [0, 0.1) is 5.82 Å². The molecule has 7 heteroatoms. The molecule has 0 aliphatic carbocycles. The minimum atomic E-state index is -0.513. The SMILES string of the molecule is O=C(Nc1ccc(Br)cc1)c1cccnc1Nc1ccc(F)c(Cl)c1. The Bertz CT molecular complexity index is 918. The Morgan fingerprint density at radius 1 is 1.08 bits per heavy atom. The first-order valence-corrected chi connectivity index (χ1v) is 8.44. The topological polar surface area (TPSA) is 54.0 Å². The number of nitrogens with one attached hydrogen (secondary N) is 2. The highest BCUT2D eigenvalue weighted by atomic mass is 79.9. The van der Waals surface area contributed by atoms with Crippen molar-refractivity contribution in [3.8, 4) is 0 Å². The van der Waals surface area contributed by atoms with Gasteiger partial charge in [-0.1, -0.05) is 27.5 Å². The van der Waals surface area contributed by atoms with Crippen LogP contribution in [-0.4, -0.2) is 10.9 Å². The number of aromatic nitrogens is 1. The molecule has 0 saturated carbocycles. The van der Waals surface area contributed by atoms with E-state index in [1.54, 1.807) is 30.5 Å². The Labute approximate surface area is 157 Å². The number of amides is 1. The second-order valence-corrected chi connectivity index (χ2v) is 6.44. The highest BCUT2D eigenvalue weighted by Gasteiger charge is 2.13. The number of halogens is 3. The molecule has 2 N–H and O–H groups in total. The van der Waals surface area contributed by atoms with Gasteiger partial charge < -0.3 is 10.6 Å². The number of benzene rings is 2. The molecule has 2 aromatic carbocycles. The predicted octanol–water partition coefficient (Wildman–Crippen LogP) is 5.63. The summed E-state index contributed by atoms with van der Waals surface area (Å²) in [6.07, 6.45) is 1.56. The van der Waals surface area contributed by atoms with E-state index in [0.29, 0.717) is 22.8 Å². The number of carbonyl (C=O) groups is 1. The average molecular weight is 421 g/mol. The molecule has 3 aromatic rings. The first kappa shape index (κ1) is 17.4. The second-order valence-electron chi connectivity index (χ2n) is 5.11. The van der Waals surface area contributed by atoms with Crippen LogP contribution in [0.5, 0.6) is 0 Å². The molecule has 0 aliphatic heterocycles. The van der Waals surface area contributed by atoms with Gasteiger partial charge in [-0.3, -0.25) is 4.79 Å². The fraction of sp³-hybridized carbons (Fsp3) is 0. The van der Waals surface area contributed by atoms with Crippen molar-refractivity contribution >= 4 is 50.6 Å². The normalized spacial score (nSPS) is 10.4. The van der Waals surface area contributed by atoms with Crippen molar-refractivity contribution in [2.75, 3.05) is 10.6 Å². The maximum absolute atomic E-state index is 13.3. The van der Waals surface area contributed by atoms with Crippen molar-refractivity contribution in [1.29, 1.82) is 0 Å². The number of anilines is 3. The Balaban J connectivity index is 1.83. The second kappa shape index (κ2) is 7.63. The molecule has 0 radical (unpaired) electrons. The molecular formula is C18H12BrClFN3O. The van der Waals surface area contributed by atoms with E-state index in [-0.39, 0.29) is 10.9 Å². The van der Waals surface area contributed by atoms with Crippen molar-refractivity contribution in [3.05, 3.63) is 81.7 Å². The third kappa shape index (κ3) is 4.35. The first-order valence-electron chi connectivity index (χ1n) is 7.27. The number of nitrogens with zero attached hydrogens (tertiary/aromatic N) is 1. The van der Waals surface area contributed by atoms with E-state index in [1.807, 2.05) is 12.1 Å². The summed E-state index contributed by atoms with van der Waals surface area (Å²) in [6, 6.07) is 14.7. The number of hydrogen-bond donors (Lipinski definition) is 2. The maximum atomic E-state index is 13.3. The molecule has 4 nitrogen and oxygen atoms in total. The smallest absolute Gasteiger partial charge is 0.259 e. The first-order chi connectivity index (χ1) is 12.0.